The van der Waals surface area contributed by atoms with Crippen molar-refractivity contribution in [3.63, 3.8) is 0 Å². The first-order valence-corrected chi connectivity index (χ1v) is 10.3. The SMILES string of the molecule is CNC(=O)N(CCF)C(=O)c1ccc(CN2CCN(c3ccc(C(N)=O)nc3)CC2)cc1. The third-order valence-corrected chi connectivity index (χ3v) is 5.36. The summed E-state index contributed by atoms with van der Waals surface area (Å²) < 4.78 is 12.7. The fourth-order valence-electron chi connectivity index (χ4n) is 3.56. The van der Waals surface area contributed by atoms with E-state index in [2.05, 4.69) is 20.1 Å². The highest BCUT2D eigenvalue weighted by Crippen LogP contribution is 2.17. The number of hydrogen-bond donors (Lipinski definition) is 2. The number of primary amides is 1. The predicted molar refractivity (Wildman–Crippen MR) is 118 cm³/mol. The van der Waals surface area contributed by atoms with Gasteiger partial charge in [-0.1, -0.05) is 12.1 Å². The predicted octanol–water partition coefficient (Wildman–Crippen LogP) is 1.25. The Labute approximate surface area is 186 Å². The van der Waals surface area contributed by atoms with Gasteiger partial charge in [0.2, 0.25) is 0 Å². The molecule has 1 aliphatic rings. The Kier molecular flexibility index (Phi) is 7.72. The van der Waals surface area contributed by atoms with E-state index >= 15 is 0 Å². The molecule has 0 radical (unpaired) electrons. The van der Waals surface area contributed by atoms with Crippen LogP contribution in [0.15, 0.2) is 42.6 Å². The lowest BCUT2D eigenvalue weighted by atomic mass is 10.1. The molecule has 0 spiro atoms. The number of anilines is 1. The average Bonchev–Trinajstić information content (AvgIpc) is 2.82. The molecule has 1 fully saturated rings. The van der Waals surface area contributed by atoms with Crippen LogP contribution in [0.25, 0.3) is 0 Å². The van der Waals surface area contributed by atoms with Crippen molar-refractivity contribution < 1.29 is 18.8 Å². The molecule has 1 aliphatic heterocycles. The summed E-state index contributed by atoms with van der Waals surface area (Å²) in [7, 11) is 1.40. The van der Waals surface area contributed by atoms with Gasteiger partial charge in [0.05, 0.1) is 18.4 Å². The van der Waals surface area contributed by atoms with E-state index in [1.165, 1.54) is 7.05 Å². The molecule has 1 saturated heterocycles. The van der Waals surface area contributed by atoms with Gasteiger partial charge in [0.1, 0.15) is 12.4 Å². The molecule has 32 heavy (non-hydrogen) atoms. The molecular formula is C22H27FN6O3. The van der Waals surface area contributed by atoms with Crippen molar-refractivity contribution in [2.45, 2.75) is 6.54 Å². The number of carbonyl (C=O) groups excluding carboxylic acids is 3. The van der Waals surface area contributed by atoms with Crippen LogP contribution in [-0.4, -0.2) is 79.1 Å². The number of aromatic nitrogens is 1. The van der Waals surface area contributed by atoms with E-state index in [4.69, 9.17) is 5.73 Å². The highest BCUT2D eigenvalue weighted by molar-refractivity contribution is 6.04. The summed E-state index contributed by atoms with van der Waals surface area (Å²) in [5.41, 5.74) is 7.81. The van der Waals surface area contributed by atoms with E-state index in [0.29, 0.717) is 5.56 Å². The number of carbonyl (C=O) groups is 3. The summed E-state index contributed by atoms with van der Waals surface area (Å²) in [6, 6.07) is 9.87. The topological polar surface area (TPSA) is 112 Å². The zero-order valence-corrected chi connectivity index (χ0v) is 18.0. The number of alkyl halides is 1. The van der Waals surface area contributed by atoms with Crippen LogP contribution in [0.3, 0.4) is 0 Å². The van der Waals surface area contributed by atoms with Crippen molar-refractivity contribution in [3.05, 3.63) is 59.4 Å². The Hall–Kier alpha value is -3.53. The number of amides is 4. The minimum atomic E-state index is -0.797. The molecule has 9 nitrogen and oxygen atoms in total. The van der Waals surface area contributed by atoms with Gasteiger partial charge in [-0.2, -0.15) is 0 Å². The molecule has 170 valence electrons. The third kappa shape index (κ3) is 5.58. The molecule has 0 bridgehead atoms. The monoisotopic (exact) mass is 442 g/mol. The molecule has 10 heteroatoms. The fourth-order valence-corrected chi connectivity index (χ4v) is 3.56. The molecule has 1 aromatic heterocycles. The Bertz CT molecular complexity index is 943. The molecule has 4 amide bonds. The normalized spacial score (nSPS) is 14.1. The van der Waals surface area contributed by atoms with E-state index < -0.39 is 24.5 Å². The van der Waals surface area contributed by atoms with Gasteiger partial charge in [-0.05, 0) is 29.8 Å². The second kappa shape index (κ2) is 10.7. The van der Waals surface area contributed by atoms with E-state index in [-0.39, 0.29) is 12.2 Å². The van der Waals surface area contributed by atoms with E-state index in [1.807, 2.05) is 18.2 Å². The highest BCUT2D eigenvalue weighted by Gasteiger charge is 2.22. The number of urea groups is 1. The lowest BCUT2D eigenvalue weighted by Gasteiger charge is -2.36. The zero-order valence-electron chi connectivity index (χ0n) is 18.0. The molecule has 0 atom stereocenters. The summed E-state index contributed by atoms with van der Waals surface area (Å²) in [5, 5.41) is 2.35. The number of rotatable bonds is 7. The van der Waals surface area contributed by atoms with Crippen molar-refractivity contribution >= 4 is 23.5 Å². The molecule has 3 rings (SSSR count). The fraction of sp³-hybridized carbons (Fsp3) is 0.364. The van der Waals surface area contributed by atoms with Crippen molar-refractivity contribution in [2.75, 3.05) is 51.3 Å². The molecule has 0 unspecified atom stereocenters. The van der Waals surface area contributed by atoms with Gasteiger partial charge < -0.3 is 16.0 Å². The minimum Gasteiger partial charge on any atom is -0.368 e. The van der Waals surface area contributed by atoms with Gasteiger partial charge in [-0.25, -0.2) is 14.2 Å². The molecule has 1 aromatic carbocycles. The number of hydrogen-bond acceptors (Lipinski definition) is 6. The van der Waals surface area contributed by atoms with Crippen LogP contribution in [-0.2, 0) is 6.54 Å². The molecular weight excluding hydrogens is 415 g/mol. The number of halogens is 1. The maximum absolute atomic E-state index is 12.7. The van der Waals surface area contributed by atoms with Crippen LogP contribution in [0, 0.1) is 0 Å². The maximum atomic E-state index is 12.7. The van der Waals surface area contributed by atoms with Gasteiger partial charge in [-0.15, -0.1) is 0 Å². The van der Waals surface area contributed by atoms with Crippen LogP contribution in [0.1, 0.15) is 26.4 Å². The van der Waals surface area contributed by atoms with Gasteiger partial charge in [-0.3, -0.25) is 19.4 Å². The Morgan fingerprint density at radius 1 is 1.09 bits per heavy atom. The zero-order chi connectivity index (χ0) is 23.1. The number of nitrogens with one attached hydrogen (secondary N) is 1. The van der Waals surface area contributed by atoms with Gasteiger partial charge in [0.15, 0.2) is 0 Å². The molecule has 2 heterocycles. The molecule has 3 N–H and O–H groups in total. The number of nitrogens with two attached hydrogens (primary N) is 1. The first-order valence-electron chi connectivity index (χ1n) is 10.3. The maximum Gasteiger partial charge on any atom is 0.324 e. The average molecular weight is 442 g/mol. The molecule has 2 aromatic rings. The smallest absolute Gasteiger partial charge is 0.324 e. The van der Waals surface area contributed by atoms with Crippen molar-refractivity contribution in [3.8, 4) is 0 Å². The number of nitrogens with zero attached hydrogens (tertiary/aromatic N) is 4. The lowest BCUT2D eigenvalue weighted by molar-refractivity contribution is 0.0793. The lowest BCUT2D eigenvalue weighted by Crippen LogP contribution is -2.46. The number of imide groups is 1. The number of piperazine rings is 1. The number of benzene rings is 1. The summed E-state index contributed by atoms with van der Waals surface area (Å²) in [5.74, 6) is -1.07. The van der Waals surface area contributed by atoms with Crippen LogP contribution >= 0.6 is 0 Å². The minimum absolute atomic E-state index is 0.248. The van der Waals surface area contributed by atoms with E-state index in [1.54, 1.807) is 24.4 Å². The third-order valence-electron chi connectivity index (χ3n) is 5.36. The molecule has 0 saturated carbocycles. The Morgan fingerprint density at radius 2 is 1.78 bits per heavy atom. The van der Waals surface area contributed by atoms with Gasteiger partial charge >= 0.3 is 6.03 Å². The van der Waals surface area contributed by atoms with Crippen LogP contribution < -0.4 is 16.0 Å². The van der Waals surface area contributed by atoms with Gasteiger partial charge in [0.25, 0.3) is 11.8 Å². The van der Waals surface area contributed by atoms with E-state index in [9.17, 15) is 18.8 Å². The van der Waals surface area contributed by atoms with Crippen molar-refractivity contribution in [2.24, 2.45) is 5.73 Å². The highest BCUT2D eigenvalue weighted by atomic mass is 19.1. The second-order valence-corrected chi connectivity index (χ2v) is 7.43. The summed E-state index contributed by atoms with van der Waals surface area (Å²) in [4.78, 5) is 44.9. The van der Waals surface area contributed by atoms with Crippen LogP contribution in [0.5, 0.6) is 0 Å². The second-order valence-electron chi connectivity index (χ2n) is 7.43. The Morgan fingerprint density at radius 3 is 2.31 bits per heavy atom. The summed E-state index contributed by atoms with van der Waals surface area (Å²) in [6.07, 6.45) is 1.66. The summed E-state index contributed by atoms with van der Waals surface area (Å²) in [6.45, 7) is 2.97. The van der Waals surface area contributed by atoms with E-state index in [0.717, 1.165) is 48.9 Å². The first-order chi connectivity index (χ1) is 15.4. The molecule has 0 aliphatic carbocycles. The van der Waals surface area contributed by atoms with Crippen LogP contribution in [0.4, 0.5) is 14.9 Å². The quantitative estimate of drug-likeness (QED) is 0.668. The number of pyridine rings is 1. The Balaban J connectivity index is 1.54. The van der Waals surface area contributed by atoms with Gasteiger partial charge in [0, 0.05) is 45.3 Å². The summed E-state index contributed by atoms with van der Waals surface area (Å²) >= 11 is 0. The van der Waals surface area contributed by atoms with Crippen LogP contribution in [0.2, 0.25) is 0 Å². The first kappa shape index (κ1) is 23.1. The van der Waals surface area contributed by atoms with Crippen molar-refractivity contribution in [1.82, 2.24) is 20.1 Å². The standard InChI is InChI=1S/C22H27FN6O3/c1-25-22(32)29(9-8-23)21(31)17-4-2-16(3-5-17)15-27-10-12-28(13-11-27)18-6-7-19(20(24)30)26-14-18/h2-7,14H,8-13,15H2,1H3,(H2,24,30)(H,25,32). The van der Waals surface area contributed by atoms with Crippen molar-refractivity contribution in [1.29, 1.82) is 0 Å². The largest absolute Gasteiger partial charge is 0.368 e.